The summed E-state index contributed by atoms with van der Waals surface area (Å²) in [6, 6.07) is 7.27. The van der Waals surface area contributed by atoms with Gasteiger partial charge in [0, 0.05) is 12.1 Å². The van der Waals surface area contributed by atoms with Crippen molar-refractivity contribution in [3.05, 3.63) is 51.3 Å². The Kier molecular flexibility index (Phi) is 4.45. The SMILES string of the molecule is Cc1ccc(C)c(-c2cc(C(=O)O)c(=O)n(CC(C)C)n2)c1. The van der Waals surface area contributed by atoms with Crippen molar-refractivity contribution in [1.29, 1.82) is 0 Å². The summed E-state index contributed by atoms with van der Waals surface area (Å²) >= 11 is 0. The number of carboxylic acids is 1. The van der Waals surface area contributed by atoms with E-state index < -0.39 is 11.5 Å². The highest BCUT2D eigenvalue weighted by molar-refractivity contribution is 5.88. The van der Waals surface area contributed by atoms with E-state index in [1.165, 1.54) is 10.7 Å². The van der Waals surface area contributed by atoms with Gasteiger partial charge in [0.15, 0.2) is 0 Å². The van der Waals surface area contributed by atoms with Crippen LogP contribution in [0.15, 0.2) is 29.1 Å². The average molecular weight is 300 g/mol. The van der Waals surface area contributed by atoms with Gasteiger partial charge in [-0.05, 0) is 37.5 Å². The highest BCUT2D eigenvalue weighted by Crippen LogP contribution is 2.22. The molecular formula is C17H20N2O3. The van der Waals surface area contributed by atoms with E-state index in [1.54, 1.807) is 0 Å². The third-order valence-electron chi connectivity index (χ3n) is 3.41. The van der Waals surface area contributed by atoms with Gasteiger partial charge in [0.25, 0.3) is 5.56 Å². The number of carboxylic acid groups (broad SMARTS) is 1. The minimum Gasteiger partial charge on any atom is -0.477 e. The van der Waals surface area contributed by atoms with Gasteiger partial charge in [-0.3, -0.25) is 4.79 Å². The molecule has 1 N–H and O–H groups in total. The molecule has 0 bridgehead atoms. The lowest BCUT2D eigenvalue weighted by Crippen LogP contribution is -2.30. The zero-order chi connectivity index (χ0) is 16.4. The summed E-state index contributed by atoms with van der Waals surface area (Å²) in [5, 5.41) is 13.6. The Morgan fingerprint density at radius 2 is 1.95 bits per heavy atom. The molecule has 0 aliphatic heterocycles. The van der Waals surface area contributed by atoms with Gasteiger partial charge in [-0.15, -0.1) is 0 Å². The standard InChI is InChI=1S/C17H20N2O3/c1-10(2)9-19-16(20)14(17(21)22)8-15(18-19)13-7-11(3)5-6-12(13)4/h5-8,10H,9H2,1-4H3,(H,21,22). The Hall–Kier alpha value is -2.43. The van der Waals surface area contributed by atoms with Crippen molar-refractivity contribution in [1.82, 2.24) is 9.78 Å². The molecule has 2 aromatic rings. The van der Waals surface area contributed by atoms with Crippen LogP contribution in [0, 0.1) is 19.8 Å². The van der Waals surface area contributed by atoms with E-state index in [0.717, 1.165) is 16.7 Å². The first-order chi connectivity index (χ1) is 10.3. The average Bonchev–Trinajstić information content (AvgIpc) is 2.43. The zero-order valence-corrected chi connectivity index (χ0v) is 13.3. The summed E-state index contributed by atoms with van der Waals surface area (Å²) in [5.74, 6) is -1.03. The second kappa shape index (κ2) is 6.13. The van der Waals surface area contributed by atoms with Gasteiger partial charge in [0.2, 0.25) is 0 Å². The Morgan fingerprint density at radius 1 is 1.27 bits per heavy atom. The third kappa shape index (κ3) is 3.24. The number of rotatable bonds is 4. The zero-order valence-electron chi connectivity index (χ0n) is 13.3. The van der Waals surface area contributed by atoms with Gasteiger partial charge in [-0.25, -0.2) is 9.48 Å². The number of carbonyl (C=O) groups is 1. The van der Waals surface area contributed by atoms with E-state index in [9.17, 15) is 14.7 Å². The molecule has 2 rings (SSSR count). The molecule has 0 saturated heterocycles. The predicted molar refractivity (Wildman–Crippen MR) is 85.2 cm³/mol. The largest absolute Gasteiger partial charge is 0.477 e. The Morgan fingerprint density at radius 3 is 2.55 bits per heavy atom. The molecule has 0 spiro atoms. The summed E-state index contributed by atoms with van der Waals surface area (Å²) in [6.45, 7) is 8.20. The third-order valence-corrected chi connectivity index (χ3v) is 3.41. The number of nitrogens with zero attached hydrogens (tertiary/aromatic N) is 2. The summed E-state index contributed by atoms with van der Waals surface area (Å²) in [6.07, 6.45) is 0. The lowest BCUT2D eigenvalue weighted by atomic mass is 10.0. The van der Waals surface area contributed by atoms with Crippen LogP contribution in [0.4, 0.5) is 0 Å². The van der Waals surface area contributed by atoms with Crippen LogP contribution in [0.1, 0.15) is 35.3 Å². The smallest absolute Gasteiger partial charge is 0.341 e. The molecule has 0 aliphatic rings. The van der Waals surface area contributed by atoms with Gasteiger partial charge in [0.05, 0.1) is 5.69 Å². The van der Waals surface area contributed by atoms with Crippen molar-refractivity contribution in [3.63, 3.8) is 0 Å². The van der Waals surface area contributed by atoms with Crippen molar-refractivity contribution < 1.29 is 9.90 Å². The van der Waals surface area contributed by atoms with Crippen molar-refractivity contribution in [2.24, 2.45) is 5.92 Å². The van der Waals surface area contributed by atoms with Crippen LogP contribution in [0.25, 0.3) is 11.3 Å². The topological polar surface area (TPSA) is 72.2 Å². The first-order valence-electron chi connectivity index (χ1n) is 7.22. The second-order valence-electron chi connectivity index (χ2n) is 5.95. The van der Waals surface area contributed by atoms with E-state index in [0.29, 0.717) is 12.2 Å². The highest BCUT2D eigenvalue weighted by atomic mass is 16.4. The molecule has 0 radical (unpaired) electrons. The molecule has 0 saturated carbocycles. The summed E-state index contributed by atoms with van der Waals surface area (Å²) in [4.78, 5) is 23.6. The number of aromatic carboxylic acids is 1. The van der Waals surface area contributed by atoms with Crippen LogP contribution in [0.2, 0.25) is 0 Å². The minimum atomic E-state index is -1.23. The fourth-order valence-corrected chi connectivity index (χ4v) is 2.31. The molecule has 0 aliphatic carbocycles. The van der Waals surface area contributed by atoms with Crippen LogP contribution in [-0.2, 0) is 6.54 Å². The number of aryl methyl sites for hydroxylation is 2. The quantitative estimate of drug-likeness (QED) is 0.942. The molecule has 0 fully saturated rings. The number of hydrogen-bond acceptors (Lipinski definition) is 3. The lowest BCUT2D eigenvalue weighted by Gasteiger charge is -2.12. The molecule has 1 heterocycles. The monoisotopic (exact) mass is 300 g/mol. The van der Waals surface area contributed by atoms with Crippen LogP contribution >= 0.6 is 0 Å². The molecule has 0 atom stereocenters. The van der Waals surface area contributed by atoms with Crippen LogP contribution in [-0.4, -0.2) is 20.9 Å². The van der Waals surface area contributed by atoms with Gasteiger partial charge < -0.3 is 5.11 Å². The van der Waals surface area contributed by atoms with Gasteiger partial charge >= 0.3 is 5.97 Å². The highest BCUT2D eigenvalue weighted by Gasteiger charge is 2.17. The fourth-order valence-electron chi connectivity index (χ4n) is 2.31. The molecule has 1 aromatic carbocycles. The minimum absolute atomic E-state index is 0.195. The van der Waals surface area contributed by atoms with E-state index >= 15 is 0 Å². The summed E-state index contributed by atoms with van der Waals surface area (Å²) < 4.78 is 1.26. The second-order valence-corrected chi connectivity index (χ2v) is 5.95. The van der Waals surface area contributed by atoms with Gasteiger partial charge in [0.1, 0.15) is 5.56 Å². The first-order valence-corrected chi connectivity index (χ1v) is 7.22. The predicted octanol–water partition coefficient (Wildman–Crippen LogP) is 2.88. The molecule has 116 valence electrons. The van der Waals surface area contributed by atoms with Crippen molar-refractivity contribution >= 4 is 5.97 Å². The van der Waals surface area contributed by atoms with Crippen molar-refractivity contribution in [2.75, 3.05) is 0 Å². The first kappa shape index (κ1) is 15.9. The molecule has 5 heteroatoms. The molecule has 0 amide bonds. The maximum absolute atomic E-state index is 12.2. The molecule has 0 unspecified atom stereocenters. The summed E-state index contributed by atoms with van der Waals surface area (Å²) in [7, 11) is 0. The van der Waals surface area contributed by atoms with E-state index in [4.69, 9.17) is 0 Å². The molecule has 1 aromatic heterocycles. The van der Waals surface area contributed by atoms with Crippen molar-refractivity contribution in [3.8, 4) is 11.3 Å². The molecular weight excluding hydrogens is 280 g/mol. The van der Waals surface area contributed by atoms with E-state index in [2.05, 4.69) is 5.10 Å². The van der Waals surface area contributed by atoms with E-state index in [-0.39, 0.29) is 11.5 Å². The molecule has 22 heavy (non-hydrogen) atoms. The van der Waals surface area contributed by atoms with Crippen molar-refractivity contribution in [2.45, 2.75) is 34.2 Å². The Balaban J connectivity index is 2.71. The summed E-state index contributed by atoms with van der Waals surface area (Å²) in [5.41, 5.74) is 2.60. The fraction of sp³-hybridized carbons (Fsp3) is 0.353. The van der Waals surface area contributed by atoms with Crippen LogP contribution < -0.4 is 5.56 Å². The van der Waals surface area contributed by atoms with Crippen LogP contribution in [0.3, 0.4) is 0 Å². The number of aromatic nitrogens is 2. The van der Waals surface area contributed by atoms with Crippen LogP contribution in [0.5, 0.6) is 0 Å². The molecule has 5 nitrogen and oxygen atoms in total. The van der Waals surface area contributed by atoms with Gasteiger partial charge in [-0.2, -0.15) is 5.10 Å². The maximum atomic E-state index is 12.2. The Labute approximate surface area is 129 Å². The maximum Gasteiger partial charge on any atom is 0.341 e. The van der Waals surface area contributed by atoms with E-state index in [1.807, 2.05) is 45.9 Å². The van der Waals surface area contributed by atoms with Gasteiger partial charge in [-0.1, -0.05) is 31.5 Å². The lowest BCUT2D eigenvalue weighted by molar-refractivity contribution is 0.0693. The number of benzene rings is 1. The normalized spacial score (nSPS) is 11.0. The number of hydrogen-bond donors (Lipinski definition) is 1. The Bertz CT molecular complexity index is 776.